The molecule has 0 radical (unpaired) electrons. The molecule has 1 aliphatic carbocycles. The lowest BCUT2D eigenvalue weighted by atomic mass is 9.81. The summed E-state index contributed by atoms with van der Waals surface area (Å²) in [6, 6.07) is 0. The SMILES string of the molecule is CCCNCC1(CCCOCC)CCCC1. The van der Waals surface area contributed by atoms with Gasteiger partial charge in [-0.3, -0.25) is 0 Å². The van der Waals surface area contributed by atoms with E-state index in [0.29, 0.717) is 5.41 Å². The van der Waals surface area contributed by atoms with Crippen LogP contribution in [0.4, 0.5) is 0 Å². The van der Waals surface area contributed by atoms with Crippen molar-refractivity contribution in [3.05, 3.63) is 0 Å². The first-order valence-electron chi connectivity index (χ1n) is 7.11. The van der Waals surface area contributed by atoms with Crippen LogP contribution in [-0.2, 0) is 4.74 Å². The van der Waals surface area contributed by atoms with Crippen LogP contribution in [0, 0.1) is 5.41 Å². The van der Waals surface area contributed by atoms with Gasteiger partial charge in [-0.15, -0.1) is 0 Å². The number of nitrogens with one attached hydrogen (secondary N) is 1. The molecule has 1 fully saturated rings. The van der Waals surface area contributed by atoms with Crippen LogP contribution in [0.15, 0.2) is 0 Å². The van der Waals surface area contributed by atoms with Gasteiger partial charge in [0.05, 0.1) is 0 Å². The Hall–Kier alpha value is -0.0800. The summed E-state index contributed by atoms with van der Waals surface area (Å²) in [5.41, 5.74) is 0.603. The molecule has 0 aromatic heterocycles. The largest absolute Gasteiger partial charge is 0.382 e. The third kappa shape index (κ3) is 4.84. The van der Waals surface area contributed by atoms with Gasteiger partial charge in [0, 0.05) is 19.8 Å². The number of hydrogen-bond donors (Lipinski definition) is 1. The fourth-order valence-corrected chi connectivity index (χ4v) is 2.86. The van der Waals surface area contributed by atoms with Gasteiger partial charge in [-0.2, -0.15) is 0 Å². The first kappa shape index (κ1) is 14.0. The van der Waals surface area contributed by atoms with E-state index in [2.05, 4.69) is 19.2 Å². The highest BCUT2D eigenvalue weighted by atomic mass is 16.5. The second kappa shape index (κ2) is 8.08. The summed E-state index contributed by atoms with van der Waals surface area (Å²) in [6.07, 6.45) is 9.55. The molecule has 16 heavy (non-hydrogen) atoms. The highest BCUT2D eigenvalue weighted by Gasteiger charge is 2.32. The maximum Gasteiger partial charge on any atom is 0.0466 e. The molecule has 0 unspecified atom stereocenters. The third-order valence-electron chi connectivity index (χ3n) is 3.79. The Morgan fingerprint density at radius 3 is 2.56 bits per heavy atom. The Kier molecular flexibility index (Phi) is 7.06. The zero-order valence-corrected chi connectivity index (χ0v) is 11.2. The fourth-order valence-electron chi connectivity index (χ4n) is 2.86. The van der Waals surface area contributed by atoms with Crippen LogP contribution < -0.4 is 5.32 Å². The van der Waals surface area contributed by atoms with E-state index in [0.717, 1.165) is 13.2 Å². The zero-order valence-electron chi connectivity index (χ0n) is 11.2. The van der Waals surface area contributed by atoms with Crippen LogP contribution in [0.25, 0.3) is 0 Å². The number of ether oxygens (including phenoxy) is 1. The predicted octanol–water partition coefficient (Wildman–Crippen LogP) is 3.36. The second-order valence-electron chi connectivity index (χ2n) is 5.18. The van der Waals surface area contributed by atoms with Gasteiger partial charge in [0.25, 0.3) is 0 Å². The van der Waals surface area contributed by atoms with Gasteiger partial charge in [0.1, 0.15) is 0 Å². The van der Waals surface area contributed by atoms with Gasteiger partial charge in [0.15, 0.2) is 0 Å². The molecule has 0 spiro atoms. The van der Waals surface area contributed by atoms with E-state index in [1.165, 1.54) is 58.0 Å². The van der Waals surface area contributed by atoms with Crippen molar-refractivity contribution in [2.45, 2.75) is 58.8 Å². The fraction of sp³-hybridized carbons (Fsp3) is 1.00. The van der Waals surface area contributed by atoms with E-state index in [1.807, 2.05) is 0 Å². The minimum absolute atomic E-state index is 0.603. The Morgan fingerprint density at radius 2 is 1.94 bits per heavy atom. The zero-order chi connectivity index (χ0) is 11.7. The smallest absolute Gasteiger partial charge is 0.0466 e. The minimum Gasteiger partial charge on any atom is -0.382 e. The average Bonchev–Trinajstić information content (AvgIpc) is 2.74. The molecule has 0 atom stereocenters. The van der Waals surface area contributed by atoms with Crippen LogP contribution in [-0.4, -0.2) is 26.3 Å². The highest BCUT2D eigenvalue weighted by Crippen LogP contribution is 2.41. The molecule has 1 N–H and O–H groups in total. The highest BCUT2D eigenvalue weighted by molar-refractivity contribution is 4.86. The Labute approximate surface area is 101 Å². The normalized spacial score (nSPS) is 19.1. The lowest BCUT2D eigenvalue weighted by Crippen LogP contribution is -2.32. The second-order valence-corrected chi connectivity index (χ2v) is 5.18. The predicted molar refractivity (Wildman–Crippen MR) is 69.8 cm³/mol. The van der Waals surface area contributed by atoms with Gasteiger partial charge in [0.2, 0.25) is 0 Å². The van der Waals surface area contributed by atoms with E-state index >= 15 is 0 Å². The molecule has 0 saturated heterocycles. The Balaban J connectivity index is 2.22. The Bertz CT molecular complexity index is 164. The maximum atomic E-state index is 5.44. The van der Waals surface area contributed by atoms with E-state index in [4.69, 9.17) is 4.74 Å². The molecule has 0 amide bonds. The van der Waals surface area contributed by atoms with Crippen LogP contribution in [0.3, 0.4) is 0 Å². The van der Waals surface area contributed by atoms with Crippen molar-refractivity contribution < 1.29 is 4.74 Å². The van der Waals surface area contributed by atoms with Crippen molar-refractivity contribution in [1.29, 1.82) is 0 Å². The maximum absolute atomic E-state index is 5.44. The van der Waals surface area contributed by atoms with Crippen LogP contribution in [0.5, 0.6) is 0 Å². The molecule has 0 aromatic rings. The lowest BCUT2D eigenvalue weighted by Gasteiger charge is -2.29. The average molecular weight is 227 g/mol. The van der Waals surface area contributed by atoms with Gasteiger partial charge in [-0.25, -0.2) is 0 Å². The summed E-state index contributed by atoms with van der Waals surface area (Å²) in [7, 11) is 0. The third-order valence-corrected chi connectivity index (χ3v) is 3.79. The van der Waals surface area contributed by atoms with E-state index in [-0.39, 0.29) is 0 Å². The van der Waals surface area contributed by atoms with E-state index in [9.17, 15) is 0 Å². The molecule has 1 aliphatic rings. The quantitative estimate of drug-likeness (QED) is 0.610. The van der Waals surface area contributed by atoms with Crippen molar-refractivity contribution in [2.75, 3.05) is 26.3 Å². The molecular weight excluding hydrogens is 198 g/mol. The summed E-state index contributed by atoms with van der Waals surface area (Å²) in [5.74, 6) is 0. The Morgan fingerprint density at radius 1 is 1.19 bits per heavy atom. The van der Waals surface area contributed by atoms with E-state index < -0.39 is 0 Å². The topological polar surface area (TPSA) is 21.3 Å². The molecular formula is C14H29NO. The lowest BCUT2D eigenvalue weighted by molar-refractivity contribution is 0.127. The summed E-state index contributed by atoms with van der Waals surface area (Å²) < 4.78 is 5.44. The van der Waals surface area contributed by atoms with Gasteiger partial charge >= 0.3 is 0 Å². The van der Waals surface area contributed by atoms with Gasteiger partial charge in [-0.1, -0.05) is 19.8 Å². The monoisotopic (exact) mass is 227 g/mol. The van der Waals surface area contributed by atoms with Crippen molar-refractivity contribution >= 4 is 0 Å². The van der Waals surface area contributed by atoms with Crippen LogP contribution in [0.1, 0.15) is 58.8 Å². The molecule has 2 heteroatoms. The molecule has 96 valence electrons. The summed E-state index contributed by atoms with van der Waals surface area (Å²) >= 11 is 0. The molecule has 2 nitrogen and oxygen atoms in total. The summed E-state index contributed by atoms with van der Waals surface area (Å²) in [4.78, 5) is 0. The standard InChI is InChI=1S/C14H29NO/c1-3-11-15-13-14(8-5-6-9-14)10-7-12-16-4-2/h15H,3-13H2,1-2H3. The first-order chi connectivity index (χ1) is 7.83. The van der Waals surface area contributed by atoms with Crippen molar-refractivity contribution in [3.63, 3.8) is 0 Å². The first-order valence-corrected chi connectivity index (χ1v) is 7.11. The number of hydrogen-bond acceptors (Lipinski definition) is 2. The van der Waals surface area contributed by atoms with Gasteiger partial charge in [-0.05, 0) is 51.0 Å². The molecule has 1 saturated carbocycles. The molecule has 0 aliphatic heterocycles. The molecule has 0 heterocycles. The van der Waals surface area contributed by atoms with Crippen LogP contribution in [0.2, 0.25) is 0 Å². The van der Waals surface area contributed by atoms with Crippen molar-refractivity contribution in [3.8, 4) is 0 Å². The minimum atomic E-state index is 0.603. The number of rotatable bonds is 9. The van der Waals surface area contributed by atoms with Crippen molar-refractivity contribution in [2.24, 2.45) is 5.41 Å². The molecule has 0 aromatic carbocycles. The molecule has 0 bridgehead atoms. The molecule has 1 rings (SSSR count). The van der Waals surface area contributed by atoms with Gasteiger partial charge < -0.3 is 10.1 Å². The van der Waals surface area contributed by atoms with Crippen LogP contribution >= 0.6 is 0 Å². The summed E-state index contributed by atoms with van der Waals surface area (Å²) in [5, 5.41) is 3.62. The summed E-state index contributed by atoms with van der Waals surface area (Å²) in [6.45, 7) is 8.53. The van der Waals surface area contributed by atoms with Crippen molar-refractivity contribution in [1.82, 2.24) is 5.32 Å². The van der Waals surface area contributed by atoms with E-state index in [1.54, 1.807) is 0 Å².